The molecule has 0 bridgehead atoms. The van der Waals surface area contributed by atoms with Crippen LogP contribution in [0.4, 0.5) is 0 Å². The van der Waals surface area contributed by atoms with Gasteiger partial charge < -0.3 is 19.3 Å². The van der Waals surface area contributed by atoms with Crippen molar-refractivity contribution >= 4 is 6.08 Å². The highest BCUT2D eigenvalue weighted by molar-refractivity contribution is 5.54. The fourth-order valence-corrected chi connectivity index (χ4v) is 1.45. The summed E-state index contributed by atoms with van der Waals surface area (Å²) in [6.45, 7) is 7.98. The minimum Gasteiger partial charge on any atom is -0.493 e. The van der Waals surface area contributed by atoms with Crippen LogP contribution in [-0.4, -0.2) is 38.1 Å². The van der Waals surface area contributed by atoms with Crippen LogP contribution >= 0.6 is 0 Å². The average molecular weight is 264 g/mol. The second-order valence-corrected chi connectivity index (χ2v) is 3.91. The third kappa shape index (κ3) is 5.16. The highest BCUT2D eigenvalue weighted by Gasteiger charge is 2.09. The Bertz CT molecular complexity index is 415. The summed E-state index contributed by atoms with van der Waals surface area (Å²) in [5.41, 5.74) is 0.944. The normalized spacial score (nSPS) is 11.7. The van der Waals surface area contributed by atoms with Crippen molar-refractivity contribution < 1.29 is 19.3 Å². The number of ether oxygens (including phenoxy) is 3. The van der Waals surface area contributed by atoms with E-state index in [4.69, 9.17) is 14.2 Å². The molecule has 0 radical (unpaired) electrons. The number of hydrogen-bond donors (Lipinski definition) is 1. The van der Waals surface area contributed by atoms with Crippen LogP contribution < -0.4 is 9.47 Å². The van der Waals surface area contributed by atoms with Gasteiger partial charge in [-0.05, 0) is 17.7 Å². The predicted octanol–water partition coefficient (Wildman–Crippen LogP) is 2.28. The molecule has 0 saturated carbocycles. The highest BCUT2D eigenvalue weighted by Crippen LogP contribution is 2.28. The van der Waals surface area contributed by atoms with Crippen LogP contribution in [0.3, 0.4) is 0 Å². The van der Waals surface area contributed by atoms with E-state index in [1.54, 1.807) is 25.3 Å². The molecule has 0 aromatic heterocycles. The molecule has 0 aliphatic carbocycles. The van der Waals surface area contributed by atoms with Gasteiger partial charge in [0.1, 0.15) is 12.7 Å². The summed E-state index contributed by atoms with van der Waals surface area (Å²) in [5.74, 6) is 1.19. The van der Waals surface area contributed by atoms with Crippen LogP contribution in [0.15, 0.2) is 37.4 Å². The first-order chi connectivity index (χ1) is 9.21. The molecule has 104 valence electrons. The molecule has 0 amide bonds. The molecule has 1 rings (SSSR count). The molecule has 0 aliphatic heterocycles. The Hall–Kier alpha value is -1.78. The quantitative estimate of drug-likeness (QED) is 0.549. The van der Waals surface area contributed by atoms with Gasteiger partial charge >= 0.3 is 0 Å². The van der Waals surface area contributed by atoms with Gasteiger partial charge in [-0.1, -0.05) is 24.8 Å². The smallest absolute Gasteiger partial charge is 0.161 e. The van der Waals surface area contributed by atoms with Crippen LogP contribution in [0.25, 0.3) is 6.08 Å². The van der Waals surface area contributed by atoms with Gasteiger partial charge in [-0.2, -0.15) is 0 Å². The van der Waals surface area contributed by atoms with Gasteiger partial charge in [0.25, 0.3) is 0 Å². The van der Waals surface area contributed by atoms with E-state index in [1.807, 2.05) is 12.1 Å². The number of aliphatic hydroxyl groups excluding tert-OH is 1. The first kappa shape index (κ1) is 15.3. The van der Waals surface area contributed by atoms with Gasteiger partial charge in [0.2, 0.25) is 0 Å². The Balaban J connectivity index is 2.52. The van der Waals surface area contributed by atoms with Crippen LogP contribution in [0.2, 0.25) is 0 Å². The van der Waals surface area contributed by atoms with Crippen molar-refractivity contribution in [1.82, 2.24) is 0 Å². The molecule has 4 heteroatoms. The van der Waals surface area contributed by atoms with Gasteiger partial charge in [0.05, 0.1) is 20.3 Å². The zero-order chi connectivity index (χ0) is 14.1. The van der Waals surface area contributed by atoms with E-state index in [0.29, 0.717) is 18.1 Å². The van der Waals surface area contributed by atoms with Crippen molar-refractivity contribution in [3.63, 3.8) is 0 Å². The van der Waals surface area contributed by atoms with Crippen molar-refractivity contribution in [1.29, 1.82) is 0 Å². The molecule has 0 saturated heterocycles. The third-order valence-electron chi connectivity index (χ3n) is 2.40. The lowest BCUT2D eigenvalue weighted by atomic mass is 10.2. The van der Waals surface area contributed by atoms with E-state index in [0.717, 1.165) is 5.56 Å². The Kier molecular flexibility index (Phi) is 6.71. The van der Waals surface area contributed by atoms with Crippen molar-refractivity contribution in [3.05, 3.63) is 43.0 Å². The standard InChI is InChI=1S/C15H20O4/c1-4-8-18-10-13(16)11-19-14-7-6-12(5-2)9-15(14)17-3/h4-7,9,13,16H,1-2,8,10-11H2,3H3. The molecule has 0 fully saturated rings. The van der Waals surface area contributed by atoms with Crippen LogP contribution in [0, 0.1) is 0 Å². The molecule has 0 spiro atoms. The van der Waals surface area contributed by atoms with E-state index in [9.17, 15) is 5.11 Å². The summed E-state index contributed by atoms with van der Waals surface area (Å²) < 4.78 is 15.9. The molecule has 19 heavy (non-hydrogen) atoms. The summed E-state index contributed by atoms with van der Waals surface area (Å²) in [5, 5.41) is 9.66. The molecule has 1 aromatic rings. The van der Waals surface area contributed by atoms with E-state index >= 15 is 0 Å². The summed E-state index contributed by atoms with van der Waals surface area (Å²) >= 11 is 0. The molecule has 0 heterocycles. The molecule has 0 aliphatic rings. The summed E-state index contributed by atoms with van der Waals surface area (Å²) in [6, 6.07) is 5.47. The van der Waals surface area contributed by atoms with Crippen LogP contribution in [-0.2, 0) is 4.74 Å². The monoisotopic (exact) mass is 264 g/mol. The zero-order valence-corrected chi connectivity index (χ0v) is 11.2. The molecule has 1 atom stereocenters. The van der Waals surface area contributed by atoms with Gasteiger partial charge in [0.15, 0.2) is 11.5 Å². The number of methoxy groups -OCH3 is 1. The zero-order valence-electron chi connectivity index (χ0n) is 11.2. The fraction of sp³-hybridized carbons (Fsp3) is 0.333. The van der Waals surface area contributed by atoms with Crippen molar-refractivity contribution in [2.24, 2.45) is 0 Å². The second-order valence-electron chi connectivity index (χ2n) is 3.91. The molecular formula is C15H20O4. The molecule has 1 N–H and O–H groups in total. The maximum Gasteiger partial charge on any atom is 0.161 e. The molecule has 1 aromatic carbocycles. The minimum atomic E-state index is -0.691. The SMILES string of the molecule is C=CCOCC(O)COc1ccc(C=C)cc1OC. The van der Waals surface area contributed by atoms with Crippen LogP contribution in [0.5, 0.6) is 11.5 Å². The largest absolute Gasteiger partial charge is 0.493 e. The van der Waals surface area contributed by atoms with Crippen LogP contribution in [0.1, 0.15) is 5.56 Å². The highest BCUT2D eigenvalue weighted by atomic mass is 16.5. The molecular weight excluding hydrogens is 244 g/mol. The lowest BCUT2D eigenvalue weighted by Crippen LogP contribution is -2.23. The predicted molar refractivity (Wildman–Crippen MR) is 75.6 cm³/mol. The van der Waals surface area contributed by atoms with E-state index in [1.165, 1.54) is 0 Å². The minimum absolute atomic E-state index is 0.140. The average Bonchev–Trinajstić information content (AvgIpc) is 2.45. The maximum atomic E-state index is 9.66. The molecule has 4 nitrogen and oxygen atoms in total. The lowest BCUT2D eigenvalue weighted by molar-refractivity contribution is 0.0209. The fourth-order valence-electron chi connectivity index (χ4n) is 1.45. The number of hydrogen-bond acceptors (Lipinski definition) is 4. The number of rotatable bonds is 9. The van der Waals surface area contributed by atoms with E-state index in [2.05, 4.69) is 13.2 Å². The first-order valence-corrected chi connectivity index (χ1v) is 6.01. The molecule has 1 unspecified atom stereocenters. The van der Waals surface area contributed by atoms with Gasteiger partial charge in [-0.25, -0.2) is 0 Å². The van der Waals surface area contributed by atoms with Gasteiger partial charge in [0, 0.05) is 0 Å². The maximum absolute atomic E-state index is 9.66. The van der Waals surface area contributed by atoms with E-state index < -0.39 is 6.10 Å². The summed E-state index contributed by atoms with van der Waals surface area (Å²) in [6.07, 6.45) is 2.67. The second kappa shape index (κ2) is 8.34. The van der Waals surface area contributed by atoms with Gasteiger partial charge in [-0.3, -0.25) is 0 Å². The van der Waals surface area contributed by atoms with Gasteiger partial charge in [-0.15, -0.1) is 6.58 Å². The summed E-state index contributed by atoms with van der Waals surface area (Å²) in [4.78, 5) is 0. The number of aliphatic hydroxyl groups is 1. The first-order valence-electron chi connectivity index (χ1n) is 6.01. The summed E-state index contributed by atoms with van der Waals surface area (Å²) in [7, 11) is 1.57. The number of benzene rings is 1. The van der Waals surface area contributed by atoms with Crippen molar-refractivity contribution in [3.8, 4) is 11.5 Å². The topological polar surface area (TPSA) is 47.9 Å². The Morgan fingerprint density at radius 3 is 2.68 bits per heavy atom. The third-order valence-corrected chi connectivity index (χ3v) is 2.40. The van der Waals surface area contributed by atoms with Crippen molar-refractivity contribution in [2.75, 3.05) is 26.9 Å². The Morgan fingerprint density at radius 2 is 2.05 bits per heavy atom. The Labute approximate surface area is 113 Å². The lowest BCUT2D eigenvalue weighted by Gasteiger charge is -2.14. The Morgan fingerprint density at radius 1 is 1.26 bits per heavy atom. The van der Waals surface area contributed by atoms with E-state index in [-0.39, 0.29) is 13.2 Å². The van der Waals surface area contributed by atoms with Crippen molar-refractivity contribution in [2.45, 2.75) is 6.10 Å².